The summed E-state index contributed by atoms with van der Waals surface area (Å²) < 4.78 is 30.7. The molecule has 0 atom stereocenters. The number of allylic oxidation sites excluding steroid dienone is 1. The first-order chi connectivity index (χ1) is 18.7. The van der Waals surface area contributed by atoms with Crippen LogP contribution in [0.15, 0.2) is 89.4 Å². The molecule has 0 spiro atoms. The summed E-state index contributed by atoms with van der Waals surface area (Å²) in [6.45, 7) is 2.29. The van der Waals surface area contributed by atoms with E-state index in [0.29, 0.717) is 11.3 Å². The van der Waals surface area contributed by atoms with E-state index in [1.165, 1.54) is 12.0 Å². The third-order valence-corrected chi connectivity index (χ3v) is 7.22. The zero-order valence-electron chi connectivity index (χ0n) is 21.8. The molecular formula is C30H30N4O4S. The van der Waals surface area contributed by atoms with Gasteiger partial charge in [0.05, 0.1) is 30.0 Å². The number of amides is 1. The summed E-state index contributed by atoms with van der Waals surface area (Å²) in [7, 11) is -3.38. The van der Waals surface area contributed by atoms with Gasteiger partial charge in [-0.15, -0.1) is 0 Å². The molecule has 0 radical (unpaired) electrons. The number of rotatable bonds is 9. The normalized spacial score (nSPS) is 12.9. The van der Waals surface area contributed by atoms with Crippen LogP contribution in [0.4, 0.5) is 11.4 Å². The van der Waals surface area contributed by atoms with Crippen LogP contribution in [-0.4, -0.2) is 25.6 Å². The molecule has 2 aromatic heterocycles. The van der Waals surface area contributed by atoms with Crippen LogP contribution < -0.4 is 15.4 Å². The van der Waals surface area contributed by atoms with Crippen molar-refractivity contribution in [3.63, 3.8) is 0 Å². The minimum atomic E-state index is -3.38. The number of anilines is 2. The molecule has 2 heterocycles. The number of hydrogen-bond acceptors (Lipinski definition) is 6. The fraction of sp³-hybridized carbons (Fsp3) is 0.200. The second kappa shape index (κ2) is 11.2. The summed E-state index contributed by atoms with van der Waals surface area (Å²) >= 11 is 0. The minimum Gasteiger partial charge on any atom is -0.472 e. The van der Waals surface area contributed by atoms with Gasteiger partial charge in [-0.1, -0.05) is 18.2 Å². The Morgan fingerprint density at radius 1 is 1.00 bits per heavy atom. The Balaban J connectivity index is 1.28. The van der Waals surface area contributed by atoms with Crippen LogP contribution in [0, 0.1) is 6.92 Å². The first-order valence-electron chi connectivity index (χ1n) is 12.7. The smallest absolute Gasteiger partial charge is 0.253 e. The molecule has 9 heteroatoms. The number of aromatic nitrogens is 1. The Bertz CT molecular complexity index is 1620. The van der Waals surface area contributed by atoms with E-state index in [9.17, 15) is 13.2 Å². The monoisotopic (exact) mass is 542 g/mol. The molecule has 4 aromatic rings. The number of benzene rings is 2. The molecule has 1 aliphatic rings. The molecule has 1 fully saturated rings. The molecule has 2 aromatic carbocycles. The highest BCUT2D eigenvalue weighted by Gasteiger charge is 2.18. The molecule has 5 rings (SSSR count). The Morgan fingerprint density at radius 2 is 1.85 bits per heavy atom. The molecule has 1 amide bonds. The predicted molar refractivity (Wildman–Crippen MR) is 154 cm³/mol. The zero-order valence-corrected chi connectivity index (χ0v) is 22.6. The lowest BCUT2D eigenvalue weighted by Crippen LogP contribution is -2.23. The SMILES string of the molecule is Cc1ccc(NC(=C2CCC2)c2ccoc2)cc1-c1ccc(C(=O)NCc2cccc(NS(C)(=O)=O)c2)cn1. The summed E-state index contributed by atoms with van der Waals surface area (Å²) in [4.78, 5) is 17.3. The average molecular weight is 543 g/mol. The van der Waals surface area contributed by atoms with Crippen molar-refractivity contribution in [2.24, 2.45) is 0 Å². The number of carbonyl (C=O) groups excluding carboxylic acids is 1. The van der Waals surface area contributed by atoms with E-state index < -0.39 is 10.0 Å². The summed E-state index contributed by atoms with van der Waals surface area (Å²) in [5, 5.41) is 6.45. The molecule has 8 nitrogen and oxygen atoms in total. The number of hydrogen-bond donors (Lipinski definition) is 3. The Labute approximate surface area is 228 Å². The van der Waals surface area contributed by atoms with Crippen molar-refractivity contribution >= 4 is 33.0 Å². The first-order valence-corrected chi connectivity index (χ1v) is 14.6. The van der Waals surface area contributed by atoms with Crippen LogP contribution in [0.2, 0.25) is 0 Å². The number of carbonyl (C=O) groups is 1. The lowest BCUT2D eigenvalue weighted by Gasteiger charge is -2.23. The highest BCUT2D eigenvalue weighted by Crippen LogP contribution is 2.35. The van der Waals surface area contributed by atoms with Crippen LogP contribution in [-0.2, 0) is 16.6 Å². The molecule has 0 bridgehead atoms. The van der Waals surface area contributed by atoms with Gasteiger partial charge < -0.3 is 15.1 Å². The molecule has 0 aliphatic heterocycles. The maximum absolute atomic E-state index is 12.7. The van der Waals surface area contributed by atoms with Crippen molar-refractivity contribution in [1.82, 2.24) is 10.3 Å². The van der Waals surface area contributed by atoms with Crippen molar-refractivity contribution < 1.29 is 17.6 Å². The Hall–Kier alpha value is -4.37. The van der Waals surface area contributed by atoms with Crippen molar-refractivity contribution in [1.29, 1.82) is 0 Å². The van der Waals surface area contributed by atoms with Gasteiger partial charge in [-0.2, -0.15) is 0 Å². The molecule has 1 saturated carbocycles. The van der Waals surface area contributed by atoms with Crippen molar-refractivity contribution in [2.75, 3.05) is 16.3 Å². The molecule has 0 unspecified atom stereocenters. The highest BCUT2D eigenvalue weighted by molar-refractivity contribution is 7.92. The van der Waals surface area contributed by atoms with Gasteiger partial charge in [0.25, 0.3) is 5.91 Å². The Morgan fingerprint density at radius 3 is 2.51 bits per heavy atom. The minimum absolute atomic E-state index is 0.251. The molecule has 200 valence electrons. The van der Waals surface area contributed by atoms with E-state index in [0.717, 1.165) is 58.4 Å². The third kappa shape index (κ3) is 6.56. The standard InChI is InChI=1S/C30H30N4O4S/c1-20-9-11-25(33-29(22-6-4-7-22)24-13-14-38-19-24)16-27(20)28-12-10-23(18-31-28)30(35)32-17-21-5-3-8-26(15-21)34-39(2,36)37/h3,5,8-16,18-19,33-34H,4,6-7,17H2,1-2H3,(H,32,35). The summed E-state index contributed by atoms with van der Waals surface area (Å²) in [5.74, 6) is -0.264. The molecule has 1 aliphatic carbocycles. The lowest BCUT2D eigenvalue weighted by atomic mass is 9.88. The molecular weight excluding hydrogens is 512 g/mol. The zero-order chi connectivity index (χ0) is 27.4. The van der Waals surface area contributed by atoms with E-state index in [-0.39, 0.29) is 12.5 Å². The number of furan rings is 1. The van der Waals surface area contributed by atoms with E-state index in [4.69, 9.17) is 4.42 Å². The van der Waals surface area contributed by atoms with Gasteiger partial charge in [-0.05, 0) is 85.4 Å². The van der Waals surface area contributed by atoms with Gasteiger partial charge in [0.1, 0.15) is 0 Å². The predicted octanol–water partition coefficient (Wildman–Crippen LogP) is 5.96. The quantitative estimate of drug-likeness (QED) is 0.241. The largest absolute Gasteiger partial charge is 0.472 e. The second-order valence-electron chi connectivity index (χ2n) is 9.69. The van der Waals surface area contributed by atoms with Crippen LogP contribution in [0.3, 0.4) is 0 Å². The number of sulfonamides is 1. The van der Waals surface area contributed by atoms with Crippen molar-refractivity contribution in [3.8, 4) is 11.3 Å². The number of nitrogens with zero attached hydrogens (tertiary/aromatic N) is 1. The van der Waals surface area contributed by atoms with Crippen LogP contribution >= 0.6 is 0 Å². The fourth-order valence-corrected chi connectivity index (χ4v) is 4.98. The van der Waals surface area contributed by atoms with Crippen molar-refractivity contribution in [3.05, 3.63) is 107 Å². The van der Waals surface area contributed by atoms with Gasteiger partial charge in [0.2, 0.25) is 10.0 Å². The van der Waals surface area contributed by atoms with Gasteiger partial charge >= 0.3 is 0 Å². The summed E-state index contributed by atoms with van der Waals surface area (Å²) in [5.41, 5.74) is 8.98. The summed E-state index contributed by atoms with van der Waals surface area (Å²) in [6, 6.07) is 18.7. The number of nitrogens with one attached hydrogen (secondary N) is 3. The van der Waals surface area contributed by atoms with Crippen molar-refractivity contribution in [2.45, 2.75) is 32.7 Å². The van der Waals surface area contributed by atoms with Gasteiger partial charge in [-0.25, -0.2) is 8.42 Å². The number of aryl methyl sites for hydroxylation is 1. The van der Waals surface area contributed by atoms with E-state index in [2.05, 4.69) is 38.5 Å². The topological polar surface area (TPSA) is 113 Å². The fourth-order valence-electron chi connectivity index (χ4n) is 4.43. The molecule has 3 N–H and O–H groups in total. The molecule has 39 heavy (non-hydrogen) atoms. The maximum atomic E-state index is 12.7. The van der Waals surface area contributed by atoms with Gasteiger partial charge in [-0.3, -0.25) is 14.5 Å². The van der Waals surface area contributed by atoms with E-state index in [1.54, 1.807) is 43.0 Å². The van der Waals surface area contributed by atoms with E-state index in [1.807, 2.05) is 25.1 Å². The average Bonchev–Trinajstić information content (AvgIpc) is 3.41. The third-order valence-electron chi connectivity index (χ3n) is 6.61. The van der Waals surface area contributed by atoms with E-state index >= 15 is 0 Å². The first kappa shape index (κ1) is 26.2. The summed E-state index contributed by atoms with van der Waals surface area (Å²) in [6.07, 6.45) is 9.48. The van der Waals surface area contributed by atoms with Crippen LogP contribution in [0.5, 0.6) is 0 Å². The number of pyridine rings is 1. The highest BCUT2D eigenvalue weighted by atomic mass is 32.2. The molecule has 0 saturated heterocycles. The Kier molecular flexibility index (Phi) is 7.51. The van der Waals surface area contributed by atoms with Crippen LogP contribution in [0.1, 0.15) is 46.3 Å². The lowest BCUT2D eigenvalue weighted by molar-refractivity contribution is 0.0950. The maximum Gasteiger partial charge on any atom is 0.253 e. The second-order valence-corrected chi connectivity index (χ2v) is 11.4. The van der Waals surface area contributed by atoms with Gasteiger partial charge in [0.15, 0.2) is 0 Å². The van der Waals surface area contributed by atoms with Crippen LogP contribution in [0.25, 0.3) is 17.0 Å². The van der Waals surface area contributed by atoms with Gasteiger partial charge in [0, 0.05) is 40.9 Å².